The highest BCUT2D eigenvalue weighted by Gasteiger charge is 2.32. The summed E-state index contributed by atoms with van der Waals surface area (Å²) in [4.78, 5) is 32.9. The molecular formula is C44H37N5O3. The van der Waals surface area contributed by atoms with Gasteiger partial charge in [-0.1, -0.05) is 103 Å². The number of rotatable bonds is 9. The molecule has 2 heterocycles. The van der Waals surface area contributed by atoms with Crippen molar-refractivity contribution in [2.75, 3.05) is 11.4 Å². The Bertz CT molecular complexity index is 2320. The third-order valence-electron chi connectivity index (χ3n) is 9.59. The fourth-order valence-corrected chi connectivity index (χ4v) is 6.94. The van der Waals surface area contributed by atoms with E-state index in [1.54, 1.807) is 9.58 Å². The van der Waals surface area contributed by atoms with Crippen LogP contribution in [0, 0.1) is 0 Å². The molecule has 2 amide bonds. The molecule has 0 saturated carbocycles. The van der Waals surface area contributed by atoms with Crippen molar-refractivity contribution < 1.29 is 14.3 Å². The number of aromatic nitrogens is 2. The molecule has 0 unspecified atom stereocenters. The normalized spacial score (nSPS) is 13.8. The van der Waals surface area contributed by atoms with E-state index < -0.39 is 0 Å². The zero-order chi connectivity index (χ0) is 35.4. The number of carbonyl (C=O) groups is 2. The van der Waals surface area contributed by atoms with Crippen LogP contribution >= 0.6 is 0 Å². The smallest absolute Gasteiger partial charge is 0.283 e. The zero-order valence-electron chi connectivity index (χ0n) is 28.5. The lowest BCUT2D eigenvalue weighted by molar-refractivity contribution is 0.0647. The topological polar surface area (TPSA) is 93.7 Å². The van der Waals surface area contributed by atoms with Crippen molar-refractivity contribution in [2.24, 2.45) is 5.73 Å². The first-order valence-electron chi connectivity index (χ1n) is 17.4. The summed E-state index contributed by atoms with van der Waals surface area (Å²) in [7, 11) is 0. The summed E-state index contributed by atoms with van der Waals surface area (Å²) in [5.74, 6) is 0.154. The number of anilines is 2. The van der Waals surface area contributed by atoms with E-state index in [0.29, 0.717) is 65.4 Å². The lowest BCUT2D eigenvalue weighted by atomic mass is 9.93. The van der Waals surface area contributed by atoms with Crippen molar-refractivity contribution in [3.63, 3.8) is 0 Å². The fourth-order valence-electron chi connectivity index (χ4n) is 6.94. The number of hydrogen-bond donors (Lipinski definition) is 1. The number of carbonyl (C=O) groups excluding carboxylic acids is 2. The molecule has 0 aliphatic carbocycles. The Morgan fingerprint density at radius 1 is 0.731 bits per heavy atom. The van der Waals surface area contributed by atoms with Gasteiger partial charge >= 0.3 is 0 Å². The molecule has 0 bridgehead atoms. The van der Waals surface area contributed by atoms with Crippen LogP contribution < -0.4 is 15.4 Å². The van der Waals surface area contributed by atoms with Crippen LogP contribution in [-0.2, 0) is 19.6 Å². The molecule has 52 heavy (non-hydrogen) atoms. The van der Waals surface area contributed by atoms with Gasteiger partial charge in [0.2, 0.25) is 0 Å². The number of benzene rings is 6. The zero-order valence-corrected chi connectivity index (χ0v) is 28.5. The summed E-state index contributed by atoms with van der Waals surface area (Å²) in [5, 5.41) is 5.66. The van der Waals surface area contributed by atoms with Gasteiger partial charge in [-0.15, -0.1) is 0 Å². The van der Waals surface area contributed by atoms with E-state index in [1.807, 2.05) is 150 Å². The number of nitrogens with zero attached hydrogens (tertiary/aromatic N) is 4. The average molecular weight is 684 g/mol. The molecule has 8 heteroatoms. The third-order valence-corrected chi connectivity index (χ3v) is 9.59. The van der Waals surface area contributed by atoms with Gasteiger partial charge in [-0.3, -0.25) is 14.5 Å². The average Bonchev–Trinajstić information content (AvgIpc) is 3.59. The van der Waals surface area contributed by atoms with Gasteiger partial charge in [0, 0.05) is 42.0 Å². The minimum absolute atomic E-state index is 0.149. The van der Waals surface area contributed by atoms with E-state index in [4.69, 9.17) is 15.6 Å². The maximum absolute atomic E-state index is 14.8. The standard InChI is InChI=1S/C44H37N5O3/c45-28-36-26-32-16-10-11-17-33(32)29-47(36)43(50)39-22-12-13-23-40(39)49-41-27-37(52-30-31-14-4-1-5-15-31)24-25-38(41)42(46-49)44(51)48(34-18-6-2-7-19-34)35-20-8-3-9-21-35/h1-25,27,36H,26,28-30,45H2/t36-/m0/s1. The number of ether oxygens (including phenoxy) is 1. The van der Waals surface area contributed by atoms with Gasteiger partial charge in [0.1, 0.15) is 12.4 Å². The number of para-hydroxylation sites is 3. The van der Waals surface area contributed by atoms with Crippen LogP contribution in [-0.4, -0.2) is 39.1 Å². The van der Waals surface area contributed by atoms with Gasteiger partial charge in [0.15, 0.2) is 5.69 Å². The Morgan fingerprint density at radius 2 is 1.35 bits per heavy atom. The highest BCUT2D eigenvalue weighted by atomic mass is 16.5. The van der Waals surface area contributed by atoms with Gasteiger partial charge in [-0.2, -0.15) is 5.10 Å². The monoisotopic (exact) mass is 683 g/mol. The Labute approximate surface area is 302 Å². The van der Waals surface area contributed by atoms with E-state index in [2.05, 4.69) is 12.1 Å². The molecular weight excluding hydrogens is 647 g/mol. The molecule has 256 valence electrons. The van der Waals surface area contributed by atoms with Crippen LogP contribution in [0.1, 0.15) is 37.5 Å². The second-order valence-electron chi connectivity index (χ2n) is 12.8. The maximum atomic E-state index is 14.8. The van der Waals surface area contributed by atoms with Crippen LogP contribution in [0.2, 0.25) is 0 Å². The van der Waals surface area contributed by atoms with Gasteiger partial charge in [0.05, 0.1) is 16.8 Å². The molecule has 1 aromatic heterocycles. The molecule has 1 aliphatic heterocycles. The third kappa shape index (κ3) is 6.32. The summed E-state index contributed by atoms with van der Waals surface area (Å²) in [6.45, 7) is 1.16. The van der Waals surface area contributed by atoms with E-state index in [-0.39, 0.29) is 23.6 Å². The number of hydrogen-bond acceptors (Lipinski definition) is 5. The molecule has 1 atom stereocenters. The van der Waals surface area contributed by atoms with Crippen molar-refractivity contribution in [3.8, 4) is 11.4 Å². The van der Waals surface area contributed by atoms with Gasteiger partial charge in [-0.05, 0) is 71.6 Å². The van der Waals surface area contributed by atoms with Crippen molar-refractivity contribution in [1.82, 2.24) is 14.7 Å². The van der Waals surface area contributed by atoms with Crippen molar-refractivity contribution in [3.05, 3.63) is 186 Å². The largest absolute Gasteiger partial charge is 0.489 e. The van der Waals surface area contributed by atoms with Gasteiger partial charge < -0.3 is 15.4 Å². The van der Waals surface area contributed by atoms with Crippen molar-refractivity contribution in [1.29, 1.82) is 0 Å². The summed E-state index contributed by atoms with van der Waals surface area (Å²) in [5.41, 5.74) is 12.9. The number of amides is 2. The molecule has 0 radical (unpaired) electrons. The van der Waals surface area contributed by atoms with E-state index in [1.165, 1.54) is 5.56 Å². The quantitative estimate of drug-likeness (QED) is 0.166. The predicted octanol–water partition coefficient (Wildman–Crippen LogP) is 8.11. The van der Waals surface area contributed by atoms with Gasteiger partial charge in [-0.25, -0.2) is 4.68 Å². The van der Waals surface area contributed by atoms with Crippen molar-refractivity contribution >= 4 is 34.1 Å². The summed E-state index contributed by atoms with van der Waals surface area (Å²) < 4.78 is 7.96. The lowest BCUT2D eigenvalue weighted by Crippen LogP contribution is -2.48. The SMILES string of the molecule is NC[C@@H]1Cc2ccccc2CN1C(=O)c1ccccc1-n1nc(C(=O)N(c2ccccc2)c2ccccc2)c2ccc(OCc3ccccc3)cc21. The van der Waals surface area contributed by atoms with Crippen LogP contribution in [0.5, 0.6) is 5.75 Å². The Morgan fingerprint density at radius 3 is 2.04 bits per heavy atom. The van der Waals surface area contributed by atoms with Crippen LogP contribution in [0.3, 0.4) is 0 Å². The second kappa shape index (κ2) is 14.4. The minimum atomic E-state index is -0.307. The molecule has 1 aliphatic rings. The van der Waals surface area contributed by atoms with Gasteiger partial charge in [0.25, 0.3) is 11.8 Å². The first-order valence-corrected chi connectivity index (χ1v) is 17.4. The summed E-state index contributed by atoms with van der Waals surface area (Å²) in [6, 6.07) is 50.1. The Hall–Kier alpha value is -6.51. The Balaban J connectivity index is 1.25. The Kier molecular flexibility index (Phi) is 9.04. The number of fused-ring (bicyclic) bond motifs is 2. The molecule has 0 fully saturated rings. The van der Waals surface area contributed by atoms with E-state index in [0.717, 1.165) is 11.1 Å². The molecule has 0 spiro atoms. The van der Waals surface area contributed by atoms with Crippen molar-refractivity contribution in [2.45, 2.75) is 25.6 Å². The molecule has 6 aromatic carbocycles. The molecule has 0 saturated heterocycles. The van der Waals surface area contributed by atoms with Crippen LogP contribution in [0.15, 0.2) is 158 Å². The van der Waals surface area contributed by atoms with Crippen LogP contribution in [0.25, 0.3) is 16.6 Å². The molecule has 2 N–H and O–H groups in total. The summed E-state index contributed by atoms with van der Waals surface area (Å²) in [6.07, 6.45) is 0.681. The highest BCUT2D eigenvalue weighted by Crippen LogP contribution is 2.34. The molecule has 7 aromatic rings. The minimum Gasteiger partial charge on any atom is -0.489 e. The van der Waals surface area contributed by atoms with E-state index in [9.17, 15) is 9.59 Å². The number of nitrogens with two attached hydrogens (primary N) is 1. The fraction of sp³-hybridized carbons (Fsp3) is 0.114. The highest BCUT2D eigenvalue weighted by molar-refractivity contribution is 6.16. The first-order chi connectivity index (χ1) is 25.6. The first kappa shape index (κ1) is 32.7. The predicted molar refractivity (Wildman–Crippen MR) is 204 cm³/mol. The summed E-state index contributed by atoms with van der Waals surface area (Å²) >= 11 is 0. The molecule has 8 rings (SSSR count). The second-order valence-corrected chi connectivity index (χ2v) is 12.8. The molecule has 8 nitrogen and oxygen atoms in total. The van der Waals surface area contributed by atoms with Crippen LogP contribution in [0.4, 0.5) is 11.4 Å². The lowest BCUT2D eigenvalue weighted by Gasteiger charge is -2.36. The van der Waals surface area contributed by atoms with E-state index >= 15 is 0 Å². The maximum Gasteiger partial charge on any atom is 0.283 e.